The summed E-state index contributed by atoms with van der Waals surface area (Å²) in [6, 6.07) is 0. The predicted molar refractivity (Wildman–Crippen MR) is 53.2 cm³/mol. The largest absolute Gasteiger partial charge is 0.244 e. The lowest BCUT2D eigenvalue weighted by molar-refractivity contribution is 0.701. The van der Waals surface area contributed by atoms with Crippen LogP contribution in [0.4, 0.5) is 0 Å². The number of fused-ring (bicyclic) bond motifs is 1. The average Bonchev–Trinajstić information content (AvgIpc) is 2.17. The fourth-order valence-corrected chi connectivity index (χ4v) is 1.69. The summed E-state index contributed by atoms with van der Waals surface area (Å²) in [5.74, 6) is 0.647. The molecule has 0 amide bonds. The summed E-state index contributed by atoms with van der Waals surface area (Å²) < 4.78 is 0. The van der Waals surface area contributed by atoms with Gasteiger partial charge in [-0.1, -0.05) is 25.5 Å². The predicted octanol–water partition coefficient (Wildman–Crippen LogP) is 2.46. The van der Waals surface area contributed by atoms with E-state index in [0.717, 1.165) is 12.8 Å². The quantitative estimate of drug-likeness (QED) is 0.653. The van der Waals surface area contributed by atoms with Gasteiger partial charge in [-0.15, -0.1) is 0 Å². The van der Waals surface area contributed by atoms with Gasteiger partial charge in [0.25, 0.3) is 0 Å². The first-order valence-corrected chi connectivity index (χ1v) is 4.76. The number of allylic oxidation sites excluding steroid dienone is 1. The summed E-state index contributed by atoms with van der Waals surface area (Å²) in [5, 5.41) is 0. The van der Waals surface area contributed by atoms with Gasteiger partial charge in [0, 0.05) is 11.8 Å². The van der Waals surface area contributed by atoms with E-state index in [4.69, 9.17) is 0 Å². The van der Waals surface area contributed by atoms with Crippen molar-refractivity contribution in [2.24, 2.45) is 5.92 Å². The van der Waals surface area contributed by atoms with Crippen molar-refractivity contribution in [2.75, 3.05) is 0 Å². The van der Waals surface area contributed by atoms with E-state index in [1.807, 2.05) is 6.20 Å². The molecule has 1 aromatic heterocycles. The van der Waals surface area contributed by atoms with Gasteiger partial charge in [0.2, 0.25) is 0 Å². The van der Waals surface area contributed by atoms with E-state index >= 15 is 0 Å². The maximum Gasteiger partial charge on any atom is 0.115 e. The van der Waals surface area contributed by atoms with Gasteiger partial charge in [-0.3, -0.25) is 0 Å². The van der Waals surface area contributed by atoms with Crippen molar-refractivity contribution in [1.29, 1.82) is 0 Å². The van der Waals surface area contributed by atoms with Crippen LogP contribution in [-0.2, 0) is 6.42 Å². The molecule has 2 nitrogen and oxygen atoms in total. The molecule has 1 aliphatic rings. The molecular weight excluding hydrogens is 160 g/mol. The summed E-state index contributed by atoms with van der Waals surface area (Å²) in [7, 11) is 0. The number of aryl methyl sites for hydroxylation is 1. The highest BCUT2D eigenvalue weighted by Gasteiger charge is 2.12. The van der Waals surface area contributed by atoms with Crippen LogP contribution in [0.3, 0.4) is 0 Å². The van der Waals surface area contributed by atoms with Crippen LogP contribution in [0.1, 0.15) is 31.5 Å². The van der Waals surface area contributed by atoms with Gasteiger partial charge in [-0.25, -0.2) is 9.97 Å². The maximum atomic E-state index is 4.26. The van der Waals surface area contributed by atoms with E-state index in [0.29, 0.717) is 5.92 Å². The first-order valence-electron chi connectivity index (χ1n) is 4.76. The summed E-state index contributed by atoms with van der Waals surface area (Å²) >= 11 is 0. The third-order valence-corrected chi connectivity index (χ3v) is 2.56. The van der Waals surface area contributed by atoms with Crippen LogP contribution in [0.2, 0.25) is 0 Å². The lowest BCUT2D eigenvalue weighted by Gasteiger charge is -2.17. The zero-order valence-electron chi connectivity index (χ0n) is 8.12. The Balaban J connectivity index is 2.38. The lowest BCUT2D eigenvalue weighted by atomic mass is 9.90. The molecule has 0 atom stereocenters. The molecule has 0 aliphatic heterocycles. The summed E-state index contributed by atoms with van der Waals surface area (Å²) in [4.78, 5) is 8.29. The average molecular weight is 174 g/mol. The van der Waals surface area contributed by atoms with E-state index in [1.54, 1.807) is 6.33 Å². The van der Waals surface area contributed by atoms with Crippen molar-refractivity contribution < 1.29 is 0 Å². The molecule has 0 spiro atoms. The minimum atomic E-state index is 0.647. The van der Waals surface area contributed by atoms with Crippen molar-refractivity contribution in [3.05, 3.63) is 29.4 Å². The molecule has 1 aliphatic carbocycles. The van der Waals surface area contributed by atoms with Crippen molar-refractivity contribution >= 4 is 6.08 Å². The Morgan fingerprint density at radius 3 is 2.92 bits per heavy atom. The Kier molecular flexibility index (Phi) is 2.13. The Hall–Kier alpha value is -1.18. The van der Waals surface area contributed by atoms with E-state index in [9.17, 15) is 0 Å². The fraction of sp³-hybridized carbons (Fsp3) is 0.455. The fourth-order valence-electron chi connectivity index (χ4n) is 1.69. The zero-order valence-corrected chi connectivity index (χ0v) is 8.12. The molecule has 0 radical (unpaired) electrons. The van der Waals surface area contributed by atoms with E-state index in [2.05, 4.69) is 29.9 Å². The number of aromatic nitrogens is 2. The van der Waals surface area contributed by atoms with Gasteiger partial charge in [-0.05, 0) is 18.8 Å². The smallest absolute Gasteiger partial charge is 0.115 e. The molecule has 0 fully saturated rings. The van der Waals surface area contributed by atoms with Crippen LogP contribution in [-0.4, -0.2) is 9.97 Å². The van der Waals surface area contributed by atoms with Gasteiger partial charge >= 0.3 is 0 Å². The molecule has 1 aromatic rings. The van der Waals surface area contributed by atoms with Crippen LogP contribution >= 0.6 is 0 Å². The van der Waals surface area contributed by atoms with Gasteiger partial charge in [0.05, 0.1) is 5.69 Å². The second-order valence-corrected chi connectivity index (χ2v) is 3.80. The summed E-state index contributed by atoms with van der Waals surface area (Å²) in [6.07, 6.45) is 8.00. The Labute approximate surface area is 78.7 Å². The van der Waals surface area contributed by atoms with Crippen LogP contribution in [0.5, 0.6) is 0 Å². The molecule has 13 heavy (non-hydrogen) atoms. The van der Waals surface area contributed by atoms with Gasteiger partial charge in [-0.2, -0.15) is 0 Å². The lowest BCUT2D eigenvalue weighted by Crippen LogP contribution is -2.05. The molecule has 2 rings (SSSR count). The molecule has 0 bridgehead atoms. The highest BCUT2D eigenvalue weighted by molar-refractivity contribution is 5.57. The number of nitrogens with zero attached hydrogens (tertiary/aromatic N) is 2. The minimum Gasteiger partial charge on any atom is -0.244 e. The summed E-state index contributed by atoms with van der Waals surface area (Å²) in [6.45, 7) is 4.47. The molecule has 68 valence electrons. The van der Waals surface area contributed by atoms with Crippen molar-refractivity contribution in [3.63, 3.8) is 0 Å². The van der Waals surface area contributed by atoms with Crippen molar-refractivity contribution in [1.82, 2.24) is 9.97 Å². The van der Waals surface area contributed by atoms with Crippen molar-refractivity contribution in [3.8, 4) is 0 Å². The van der Waals surface area contributed by atoms with Crippen LogP contribution in [0.15, 0.2) is 18.1 Å². The van der Waals surface area contributed by atoms with Crippen LogP contribution in [0, 0.1) is 5.92 Å². The molecular formula is C11H14N2. The first-order chi connectivity index (χ1) is 6.27. The van der Waals surface area contributed by atoms with E-state index in [1.165, 1.54) is 16.8 Å². The number of hydrogen-bond acceptors (Lipinski definition) is 2. The molecule has 0 saturated heterocycles. The Bertz CT molecular complexity index is 340. The topological polar surface area (TPSA) is 25.8 Å². The number of rotatable bonds is 1. The van der Waals surface area contributed by atoms with Gasteiger partial charge in [0.1, 0.15) is 6.33 Å². The monoisotopic (exact) mass is 174 g/mol. The zero-order chi connectivity index (χ0) is 9.26. The van der Waals surface area contributed by atoms with Crippen molar-refractivity contribution in [2.45, 2.75) is 26.7 Å². The molecule has 0 N–H and O–H groups in total. The third kappa shape index (κ3) is 1.62. The highest BCUT2D eigenvalue weighted by Crippen LogP contribution is 2.25. The Morgan fingerprint density at radius 2 is 2.15 bits per heavy atom. The second kappa shape index (κ2) is 3.29. The van der Waals surface area contributed by atoms with Gasteiger partial charge in [0.15, 0.2) is 0 Å². The maximum absolute atomic E-state index is 4.26. The summed E-state index contributed by atoms with van der Waals surface area (Å²) in [5.41, 5.74) is 3.92. The Morgan fingerprint density at radius 1 is 1.31 bits per heavy atom. The molecule has 0 unspecified atom stereocenters. The minimum absolute atomic E-state index is 0.647. The first kappa shape index (κ1) is 8.42. The van der Waals surface area contributed by atoms with E-state index < -0.39 is 0 Å². The third-order valence-electron chi connectivity index (χ3n) is 2.56. The normalized spacial score (nSPS) is 15.5. The van der Waals surface area contributed by atoms with Crippen LogP contribution in [0.25, 0.3) is 6.08 Å². The van der Waals surface area contributed by atoms with Gasteiger partial charge < -0.3 is 0 Å². The second-order valence-electron chi connectivity index (χ2n) is 3.80. The van der Waals surface area contributed by atoms with Crippen LogP contribution < -0.4 is 0 Å². The standard InChI is InChI=1S/C11H14N2/c1-8(2)9-3-4-11-10(5-9)6-12-7-13-11/h5-8H,3-4H2,1-2H3. The number of hydrogen-bond donors (Lipinski definition) is 0. The molecule has 1 heterocycles. The molecule has 2 heteroatoms. The van der Waals surface area contributed by atoms with E-state index in [-0.39, 0.29) is 0 Å². The molecule has 0 aromatic carbocycles. The highest BCUT2D eigenvalue weighted by atomic mass is 14.8. The molecule has 0 saturated carbocycles. The SMILES string of the molecule is CC(C)C1=Cc2cncnc2CC1.